The lowest BCUT2D eigenvalue weighted by molar-refractivity contribution is -0.129. The normalized spacial score (nSPS) is 17.1. The number of methoxy groups -OCH3 is 2. The van der Waals surface area contributed by atoms with Crippen LogP contribution in [0.15, 0.2) is 18.2 Å². The van der Waals surface area contributed by atoms with E-state index >= 15 is 0 Å². The van der Waals surface area contributed by atoms with Crippen LogP contribution in [0.5, 0.6) is 11.5 Å². The second-order valence-electron chi connectivity index (χ2n) is 5.10. The summed E-state index contributed by atoms with van der Waals surface area (Å²) in [6, 6.07) is 5.55. The molecule has 1 saturated heterocycles. The highest BCUT2D eigenvalue weighted by Gasteiger charge is 2.35. The van der Waals surface area contributed by atoms with Crippen LogP contribution in [0, 0.1) is 0 Å². The van der Waals surface area contributed by atoms with E-state index in [1.807, 2.05) is 18.2 Å². The van der Waals surface area contributed by atoms with E-state index in [9.17, 15) is 4.79 Å². The van der Waals surface area contributed by atoms with Crippen molar-refractivity contribution < 1.29 is 19.0 Å². The van der Waals surface area contributed by atoms with Crippen LogP contribution >= 0.6 is 0 Å². The second-order valence-corrected chi connectivity index (χ2v) is 5.10. The molecule has 0 spiro atoms. The minimum atomic E-state index is -0.843. The smallest absolute Gasteiger partial charge is 0.240 e. The van der Waals surface area contributed by atoms with Crippen molar-refractivity contribution in [2.24, 2.45) is 5.73 Å². The van der Waals surface area contributed by atoms with Crippen LogP contribution in [-0.2, 0) is 16.1 Å². The molecule has 1 aliphatic heterocycles. The fraction of sp³-hybridized carbons (Fsp3) is 0.533. The molecule has 1 fully saturated rings. The Bertz CT molecular complexity index is 498. The van der Waals surface area contributed by atoms with Crippen molar-refractivity contribution in [3.8, 4) is 11.5 Å². The summed E-state index contributed by atoms with van der Waals surface area (Å²) in [5.41, 5.74) is 6.15. The number of nitrogens with two attached hydrogens (primary N) is 1. The van der Waals surface area contributed by atoms with Gasteiger partial charge in [-0.25, -0.2) is 0 Å². The summed E-state index contributed by atoms with van der Waals surface area (Å²) in [7, 11) is 3.16. The summed E-state index contributed by atoms with van der Waals surface area (Å²) < 4.78 is 15.8. The van der Waals surface area contributed by atoms with E-state index in [1.54, 1.807) is 14.2 Å². The topological polar surface area (TPSA) is 82.8 Å². The largest absolute Gasteiger partial charge is 0.493 e. The van der Waals surface area contributed by atoms with E-state index in [4.69, 9.17) is 19.9 Å². The minimum Gasteiger partial charge on any atom is -0.493 e. The number of benzene rings is 1. The van der Waals surface area contributed by atoms with Gasteiger partial charge in [0, 0.05) is 25.3 Å². The van der Waals surface area contributed by atoms with Gasteiger partial charge in [-0.2, -0.15) is 0 Å². The Morgan fingerprint density at radius 2 is 2.05 bits per heavy atom. The Labute approximate surface area is 124 Å². The SMILES string of the molecule is COc1cccc(CNC(=O)C2(N)CCOCC2)c1OC. The van der Waals surface area contributed by atoms with E-state index < -0.39 is 5.54 Å². The molecule has 1 aromatic rings. The number of carbonyl (C=O) groups excluding carboxylic acids is 1. The van der Waals surface area contributed by atoms with Gasteiger partial charge in [0.2, 0.25) is 5.91 Å². The van der Waals surface area contributed by atoms with E-state index in [0.29, 0.717) is 44.1 Å². The van der Waals surface area contributed by atoms with Gasteiger partial charge in [-0.1, -0.05) is 12.1 Å². The lowest BCUT2D eigenvalue weighted by Gasteiger charge is -2.31. The third kappa shape index (κ3) is 3.46. The van der Waals surface area contributed by atoms with Gasteiger partial charge in [0.15, 0.2) is 11.5 Å². The number of hydrogen-bond donors (Lipinski definition) is 2. The highest BCUT2D eigenvalue weighted by Crippen LogP contribution is 2.30. The van der Waals surface area contributed by atoms with Crippen LogP contribution < -0.4 is 20.5 Å². The van der Waals surface area contributed by atoms with Gasteiger partial charge >= 0.3 is 0 Å². The van der Waals surface area contributed by atoms with Crippen LogP contribution in [0.3, 0.4) is 0 Å². The Hall–Kier alpha value is -1.79. The predicted molar refractivity (Wildman–Crippen MR) is 78.4 cm³/mol. The summed E-state index contributed by atoms with van der Waals surface area (Å²) in [5.74, 6) is 1.10. The van der Waals surface area contributed by atoms with Crippen molar-refractivity contribution in [3.63, 3.8) is 0 Å². The molecule has 0 saturated carbocycles. The molecule has 0 bridgehead atoms. The molecule has 3 N–H and O–H groups in total. The highest BCUT2D eigenvalue weighted by molar-refractivity contribution is 5.86. The summed E-state index contributed by atoms with van der Waals surface area (Å²) in [6.45, 7) is 1.39. The molecule has 0 unspecified atom stereocenters. The number of carbonyl (C=O) groups is 1. The van der Waals surface area contributed by atoms with E-state index in [2.05, 4.69) is 5.32 Å². The van der Waals surface area contributed by atoms with Crippen molar-refractivity contribution in [2.45, 2.75) is 24.9 Å². The first-order valence-corrected chi connectivity index (χ1v) is 6.95. The first kappa shape index (κ1) is 15.6. The van der Waals surface area contributed by atoms with Crippen LogP contribution in [0.1, 0.15) is 18.4 Å². The number of nitrogens with one attached hydrogen (secondary N) is 1. The van der Waals surface area contributed by atoms with Crippen LogP contribution in [0.25, 0.3) is 0 Å². The van der Waals surface area contributed by atoms with Gasteiger partial charge in [-0.3, -0.25) is 4.79 Å². The Morgan fingerprint density at radius 3 is 2.67 bits per heavy atom. The quantitative estimate of drug-likeness (QED) is 0.840. The van der Waals surface area contributed by atoms with E-state index in [0.717, 1.165) is 5.56 Å². The van der Waals surface area contributed by atoms with Crippen molar-refractivity contribution in [2.75, 3.05) is 27.4 Å². The molecule has 6 heteroatoms. The van der Waals surface area contributed by atoms with E-state index in [1.165, 1.54) is 0 Å². The second kappa shape index (κ2) is 6.78. The number of rotatable bonds is 5. The van der Waals surface area contributed by atoms with Gasteiger partial charge in [-0.05, 0) is 18.9 Å². The average Bonchev–Trinajstić information content (AvgIpc) is 2.52. The van der Waals surface area contributed by atoms with Gasteiger partial charge in [0.05, 0.1) is 19.8 Å². The van der Waals surface area contributed by atoms with Gasteiger partial charge in [0.25, 0.3) is 0 Å². The maximum atomic E-state index is 12.3. The Kier molecular flexibility index (Phi) is 5.03. The first-order chi connectivity index (χ1) is 10.1. The molecule has 1 amide bonds. The fourth-order valence-corrected chi connectivity index (χ4v) is 2.41. The summed E-state index contributed by atoms with van der Waals surface area (Å²) in [4.78, 5) is 12.3. The van der Waals surface area contributed by atoms with Crippen molar-refractivity contribution in [1.82, 2.24) is 5.32 Å². The van der Waals surface area contributed by atoms with Crippen molar-refractivity contribution in [3.05, 3.63) is 23.8 Å². The summed E-state index contributed by atoms with van der Waals surface area (Å²) in [6.07, 6.45) is 1.07. The van der Waals surface area contributed by atoms with Crippen molar-refractivity contribution >= 4 is 5.91 Å². The molecule has 1 aromatic carbocycles. The van der Waals surface area contributed by atoms with Crippen LogP contribution in [0.4, 0.5) is 0 Å². The van der Waals surface area contributed by atoms with Gasteiger partial charge < -0.3 is 25.3 Å². The van der Waals surface area contributed by atoms with Crippen LogP contribution in [-0.4, -0.2) is 38.9 Å². The molecule has 0 atom stereocenters. The Morgan fingerprint density at radius 1 is 1.33 bits per heavy atom. The van der Waals surface area contributed by atoms with E-state index in [-0.39, 0.29) is 5.91 Å². The molecule has 1 heterocycles. The van der Waals surface area contributed by atoms with Gasteiger partial charge in [-0.15, -0.1) is 0 Å². The zero-order valence-corrected chi connectivity index (χ0v) is 12.5. The average molecular weight is 294 g/mol. The fourth-order valence-electron chi connectivity index (χ4n) is 2.41. The maximum absolute atomic E-state index is 12.3. The monoisotopic (exact) mass is 294 g/mol. The first-order valence-electron chi connectivity index (χ1n) is 6.95. The molecular formula is C15H22N2O4. The molecule has 1 aliphatic rings. The third-order valence-corrected chi connectivity index (χ3v) is 3.76. The minimum absolute atomic E-state index is 0.157. The number of ether oxygens (including phenoxy) is 3. The number of hydrogen-bond acceptors (Lipinski definition) is 5. The molecule has 0 radical (unpaired) electrons. The molecule has 0 aliphatic carbocycles. The molecule has 2 rings (SSSR count). The zero-order chi connectivity index (χ0) is 15.3. The number of amides is 1. The maximum Gasteiger partial charge on any atom is 0.240 e. The Balaban J connectivity index is 2.04. The zero-order valence-electron chi connectivity index (χ0n) is 12.5. The standard InChI is InChI=1S/C15H22N2O4/c1-19-12-5-3-4-11(13(12)20-2)10-17-14(18)15(16)6-8-21-9-7-15/h3-5H,6-10,16H2,1-2H3,(H,17,18). The molecule has 116 valence electrons. The summed E-state index contributed by atoms with van der Waals surface area (Å²) >= 11 is 0. The highest BCUT2D eigenvalue weighted by atomic mass is 16.5. The number of para-hydroxylation sites is 1. The molecule has 0 aromatic heterocycles. The summed E-state index contributed by atoms with van der Waals surface area (Å²) in [5, 5.41) is 2.88. The lowest BCUT2D eigenvalue weighted by atomic mass is 9.90. The third-order valence-electron chi connectivity index (χ3n) is 3.76. The van der Waals surface area contributed by atoms with Crippen molar-refractivity contribution in [1.29, 1.82) is 0 Å². The predicted octanol–water partition coefficient (Wildman–Crippen LogP) is 0.828. The molecule has 21 heavy (non-hydrogen) atoms. The lowest BCUT2D eigenvalue weighted by Crippen LogP contribution is -2.56. The van der Waals surface area contributed by atoms with Crippen LogP contribution in [0.2, 0.25) is 0 Å². The van der Waals surface area contributed by atoms with Gasteiger partial charge in [0.1, 0.15) is 0 Å². The molecule has 6 nitrogen and oxygen atoms in total. The molecular weight excluding hydrogens is 272 g/mol.